The lowest BCUT2D eigenvalue weighted by Gasteiger charge is -2.38. The molecule has 0 aliphatic rings. The molecule has 0 bridgehead atoms. The summed E-state index contributed by atoms with van der Waals surface area (Å²) in [5.41, 5.74) is -4.70. The summed E-state index contributed by atoms with van der Waals surface area (Å²) in [6.07, 6.45) is 0. The number of nitro benzene ring substituents is 1. The number of ether oxygens (including phenoxy) is 2. The van der Waals surface area contributed by atoms with Crippen LogP contribution in [0.25, 0.3) is 0 Å². The first-order valence-corrected chi connectivity index (χ1v) is 9.55. The fourth-order valence-electron chi connectivity index (χ4n) is 2.29. The Hall–Kier alpha value is -2.21. The van der Waals surface area contributed by atoms with Gasteiger partial charge in [-0.25, -0.2) is 18.1 Å². The van der Waals surface area contributed by atoms with Gasteiger partial charge < -0.3 is 9.47 Å². The standard InChI is InChI=1S/C17H23F3N2O6S/c1-7-28-14(23)17(19,20)16(5,21-29(26)15(2,3)4)10-8-12(22(24)25)13(27-6)9-11(10)18/h8-9,21H,7H2,1-6H3/t16-,29?/m1/s1. The number of rotatable bonds is 8. The topological polar surface area (TPSA) is 108 Å². The molecule has 0 heterocycles. The van der Waals surface area contributed by atoms with Crippen LogP contribution in [0.1, 0.15) is 40.2 Å². The lowest BCUT2D eigenvalue weighted by atomic mass is 9.85. The van der Waals surface area contributed by atoms with Crippen LogP contribution in [0.5, 0.6) is 5.75 Å². The summed E-state index contributed by atoms with van der Waals surface area (Å²) < 4.78 is 67.8. The molecular formula is C17H23F3N2O6S. The number of methoxy groups -OCH3 is 1. The van der Waals surface area contributed by atoms with Crippen molar-refractivity contribution in [2.45, 2.75) is 50.8 Å². The van der Waals surface area contributed by atoms with Gasteiger partial charge in [-0.1, -0.05) is 0 Å². The van der Waals surface area contributed by atoms with Gasteiger partial charge in [-0.2, -0.15) is 8.78 Å². The zero-order valence-electron chi connectivity index (χ0n) is 16.8. The minimum absolute atomic E-state index is 0.391. The fourth-order valence-corrected chi connectivity index (χ4v) is 3.20. The van der Waals surface area contributed by atoms with Crippen LogP contribution >= 0.6 is 0 Å². The van der Waals surface area contributed by atoms with Crippen LogP contribution in [-0.4, -0.2) is 39.5 Å². The zero-order valence-corrected chi connectivity index (χ0v) is 17.6. The molecule has 1 aromatic rings. The molecule has 0 spiro atoms. The van der Waals surface area contributed by atoms with Crippen molar-refractivity contribution >= 4 is 22.6 Å². The van der Waals surface area contributed by atoms with Gasteiger partial charge in [0, 0.05) is 17.7 Å². The molecule has 0 saturated carbocycles. The third-order valence-electron chi connectivity index (χ3n) is 4.02. The first-order chi connectivity index (χ1) is 13.1. The highest BCUT2D eigenvalue weighted by Crippen LogP contribution is 2.43. The highest BCUT2D eigenvalue weighted by atomic mass is 32.2. The molecule has 0 aromatic heterocycles. The summed E-state index contributed by atoms with van der Waals surface area (Å²) in [7, 11) is -1.17. The summed E-state index contributed by atoms with van der Waals surface area (Å²) in [4.78, 5) is 22.3. The molecule has 1 unspecified atom stereocenters. The highest BCUT2D eigenvalue weighted by Gasteiger charge is 2.61. The van der Waals surface area contributed by atoms with Crippen LogP contribution in [0.15, 0.2) is 12.1 Å². The lowest BCUT2D eigenvalue weighted by molar-refractivity contribution is -0.385. The van der Waals surface area contributed by atoms with Crippen LogP contribution in [0.2, 0.25) is 0 Å². The third-order valence-corrected chi connectivity index (χ3v) is 5.72. The Labute approximate surface area is 168 Å². The van der Waals surface area contributed by atoms with Gasteiger partial charge in [0.1, 0.15) is 11.4 Å². The van der Waals surface area contributed by atoms with E-state index in [4.69, 9.17) is 4.74 Å². The van der Waals surface area contributed by atoms with E-state index in [1.165, 1.54) is 27.7 Å². The molecule has 0 fully saturated rings. The van der Waals surface area contributed by atoms with E-state index < -0.39 is 67.5 Å². The van der Waals surface area contributed by atoms with E-state index in [1.807, 2.05) is 0 Å². The summed E-state index contributed by atoms with van der Waals surface area (Å²) in [6.45, 7) is 6.02. The third kappa shape index (κ3) is 4.86. The van der Waals surface area contributed by atoms with Crippen LogP contribution in [0.4, 0.5) is 18.9 Å². The average molecular weight is 440 g/mol. The van der Waals surface area contributed by atoms with Crippen LogP contribution in [-0.2, 0) is 26.1 Å². The van der Waals surface area contributed by atoms with Crippen molar-refractivity contribution in [3.63, 3.8) is 0 Å². The predicted molar refractivity (Wildman–Crippen MR) is 99.6 cm³/mol. The molecule has 1 rings (SSSR count). The predicted octanol–water partition coefficient (Wildman–Crippen LogP) is 3.21. The van der Waals surface area contributed by atoms with Crippen molar-refractivity contribution in [2.24, 2.45) is 0 Å². The van der Waals surface area contributed by atoms with Crippen molar-refractivity contribution in [3.8, 4) is 5.75 Å². The number of carbonyl (C=O) groups excluding carboxylic acids is 1. The van der Waals surface area contributed by atoms with E-state index >= 15 is 8.78 Å². The summed E-state index contributed by atoms with van der Waals surface area (Å²) >= 11 is 0. The smallest absolute Gasteiger partial charge is 0.379 e. The molecule has 8 nitrogen and oxygen atoms in total. The van der Waals surface area contributed by atoms with Gasteiger partial charge in [-0.15, -0.1) is 0 Å². The zero-order chi connectivity index (χ0) is 22.8. The molecule has 29 heavy (non-hydrogen) atoms. The Bertz CT molecular complexity index is 828. The quantitative estimate of drug-likeness (QED) is 0.378. The van der Waals surface area contributed by atoms with Crippen molar-refractivity contribution in [3.05, 3.63) is 33.6 Å². The monoisotopic (exact) mass is 440 g/mol. The molecule has 1 N–H and O–H groups in total. The number of alkyl halides is 2. The molecule has 164 valence electrons. The second-order valence-electron chi connectivity index (χ2n) is 7.16. The molecule has 0 radical (unpaired) electrons. The highest BCUT2D eigenvalue weighted by molar-refractivity contribution is 7.84. The SMILES string of the molecule is CCOC(=O)C(F)(F)[C@](C)(NS(=O)C(C)(C)C)c1cc([N+](=O)[O-])c(OC)cc1F. The van der Waals surface area contributed by atoms with E-state index in [-0.39, 0.29) is 0 Å². The molecule has 1 aromatic carbocycles. The van der Waals surface area contributed by atoms with Crippen molar-refractivity contribution < 1.29 is 36.6 Å². The normalized spacial score (nSPS) is 15.3. The maximum Gasteiger partial charge on any atom is 0.379 e. The van der Waals surface area contributed by atoms with E-state index in [9.17, 15) is 23.5 Å². The minimum atomic E-state index is -4.44. The molecule has 0 saturated heterocycles. The number of hydrogen-bond acceptors (Lipinski definition) is 6. The Morgan fingerprint density at radius 3 is 2.24 bits per heavy atom. The summed E-state index contributed by atoms with van der Waals surface area (Å²) in [5, 5.41) is 11.3. The largest absolute Gasteiger partial charge is 0.490 e. The Morgan fingerprint density at radius 2 is 1.83 bits per heavy atom. The molecule has 12 heteroatoms. The van der Waals surface area contributed by atoms with E-state index in [1.54, 1.807) is 0 Å². The van der Waals surface area contributed by atoms with Crippen LogP contribution in [0.3, 0.4) is 0 Å². The first-order valence-electron chi connectivity index (χ1n) is 8.40. The van der Waals surface area contributed by atoms with E-state index in [0.29, 0.717) is 12.1 Å². The van der Waals surface area contributed by atoms with Gasteiger partial charge in [-0.05, 0) is 34.6 Å². The fraction of sp³-hybridized carbons (Fsp3) is 0.588. The van der Waals surface area contributed by atoms with Crippen molar-refractivity contribution in [1.82, 2.24) is 4.72 Å². The maximum atomic E-state index is 15.1. The number of carbonyl (C=O) groups is 1. The number of benzene rings is 1. The van der Waals surface area contributed by atoms with Gasteiger partial charge >= 0.3 is 17.6 Å². The first kappa shape index (κ1) is 24.8. The number of nitro groups is 1. The van der Waals surface area contributed by atoms with Crippen LogP contribution < -0.4 is 9.46 Å². The van der Waals surface area contributed by atoms with E-state index in [0.717, 1.165) is 14.0 Å². The number of halogens is 3. The number of esters is 1. The van der Waals surface area contributed by atoms with Gasteiger partial charge in [0.2, 0.25) is 0 Å². The summed E-state index contributed by atoms with van der Waals surface area (Å²) in [6, 6.07) is 1.07. The number of nitrogens with one attached hydrogen (secondary N) is 1. The molecule has 0 amide bonds. The van der Waals surface area contributed by atoms with Crippen molar-refractivity contribution in [2.75, 3.05) is 13.7 Å². The van der Waals surface area contributed by atoms with Crippen molar-refractivity contribution in [1.29, 1.82) is 0 Å². The van der Waals surface area contributed by atoms with Gasteiger partial charge in [-0.3, -0.25) is 10.1 Å². The Balaban J connectivity index is 3.82. The Kier molecular flexibility index (Phi) is 7.41. The Morgan fingerprint density at radius 1 is 1.28 bits per heavy atom. The molecule has 2 atom stereocenters. The molecular weight excluding hydrogens is 417 g/mol. The second kappa shape index (κ2) is 8.66. The minimum Gasteiger partial charge on any atom is -0.490 e. The van der Waals surface area contributed by atoms with Gasteiger partial charge in [0.25, 0.3) is 0 Å². The maximum absolute atomic E-state index is 15.1. The van der Waals surface area contributed by atoms with Gasteiger partial charge in [0.05, 0.1) is 34.4 Å². The van der Waals surface area contributed by atoms with Gasteiger partial charge in [0.15, 0.2) is 5.75 Å². The molecule has 0 aliphatic carbocycles. The average Bonchev–Trinajstić information content (AvgIpc) is 2.59. The van der Waals surface area contributed by atoms with Crippen LogP contribution in [0, 0.1) is 15.9 Å². The lowest BCUT2D eigenvalue weighted by Crippen LogP contribution is -2.60. The summed E-state index contributed by atoms with van der Waals surface area (Å²) in [5.74, 6) is -8.26. The second-order valence-corrected chi connectivity index (χ2v) is 9.13. The molecule has 0 aliphatic heterocycles. The number of hydrogen-bond donors (Lipinski definition) is 1. The van der Waals surface area contributed by atoms with E-state index in [2.05, 4.69) is 9.46 Å². The number of nitrogens with zero attached hydrogens (tertiary/aromatic N) is 1.